The minimum Gasteiger partial charge on any atom is -0.380 e. The molecular formula is C16H21NOS. The fourth-order valence-corrected chi connectivity index (χ4v) is 3.90. The lowest BCUT2D eigenvalue weighted by atomic mass is 9.98. The fraction of sp³-hybridized carbons (Fsp3) is 0.500. The van der Waals surface area contributed by atoms with Gasteiger partial charge in [0, 0.05) is 17.9 Å². The molecule has 2 aromatic rings. The van der Waals surface area contributed by atoms with Crippen LogP contribution >= 0.6 is 11.3 Å². The maximum Gasteiger partial charge on any atom is 0.0755 e. The van der Waals surface area contributed by atoms with Gasteiger partial charge >= 0.3 is 0 Å². The molecule has 0 bridgehead atoms. The molecule has 102 valence electrons. The van der Waals surface area contributed by atoms with Crippen molar-refractivity contribution >= 4 is 21.4 Å². The molecule has 1 aromatic carbocycles. The number of hydrogen-bond acceptors (Lipinski definition) is 3. The van der Waals surface area contributed by atoms with Gasteiger partial charge in [0.2, 0.25) is 0 Å². The van der Waals surface area contributed by atoms with Crippen LogP contribution in [-0.4, -0.2) is 26.3 Å². The van der Waals surface area contributed by atoms with Crippen molar-refractivity contribution in [2.24, 2.45) is 5.92 Å². The number of fused-ring (bicyclic) bond motifs is 1. The first-order valence-electron chi connectivity index (χ1n) is 6.98. The lowest BCUT2D eigenvalue weighted by molar-refractivity contribution is 0.0535. The maximum absolute atomic E-state index is 5.73. The summed E-state index contributed by atoms with van der Waals surface area (Å²) in [6, 6.07) is 9.08. The summed E-state index contributed by atoms with van der Waals surface area (Å²) in [4.78, 5) is 0. The third-order valence-electron chi connectivity index (χ3n) is 4.13. The second-order valence-electron chi connectivity index (χ2n) is 5.39. The van der Waals surface area contributed by atoms with E-state index in [1.165, 1.54) is 28.5 Å². The van der Waals surface area contributed by atoms with Crippen molar-refractivity contribution < 1.29 is 4.74 Å². The number of hydrogen-bond donors (Lipinski definition) is 1. The highest BCUT2D eigenvalue weighted by Gasteiger charge is 2.36. The third kappa shape index (κ3) is 2.69. The Bertz CT molecular complexity index is 546. The van der Waals surface area contributed by atoms with Gasteiger partial charge in [0.1, 0.15) is 0 Å². The zero-order valence-electron chi connectivity index (χ0n) is 11.6. The van der Waals surface area contributed by atoms with Crippen molar-refractivity contribution in [1.82, 2.24) is 5.32 Å². The minimum absolute atomic E-state index is 0.351. The van der Waals surface area contributed by atoms with E-state index in [9.17, 15) is 0 Å². The Morgan fingerprint density at radius 2 is 2.16 bits per heavy atom. The van der Waals surface area contributed by atoms with Crippen LogP contribution in [0.3, 0.4) is 0 Å². The largest absolute Gasteiger partial charge is 0.380 e. The first kappa shape index (κ1) is 13.1. The molecule has 3 rings (SSSR count). The standard InChI is InChI=1S/C16H21NOS/c1-17-14(16(18-2)11-7-8-11)9-12-10-19-15-6-4-3-5-13(12)15/h3-6,10-11,14,16-17H,7-9H2,1-2H3. The molecule has 1 N–H and O–H groups in total. The summed E-state index contributed by atoms with van der Waals surface area (Å²) in [5.41, 5.74) is 1.45. The van der Waals surface area contributed by atoms with Gasteiger partial charge in [-0.15, -0.1) is 11.3 Å². The zero-order valence-corrected chi connectivity index (χ0v) is 12.4. The van der Waals surface area contributed by atoms with E-state index in [0.717, 1.165) is 12.3 Å². The molecule has 19 heavy (non-hydrogen) atoms. The number of likely N-dealkylation sites (N-methyl/N-ethyl adjacent to an activating group) is 1. The predicted molar refractivity (Wildman–Crippen MR) is 81.9 cm³/mol. The highest BCUT2D eigenvalue weighted by molar-refractivity contribution is 7.17. The molecule has 1 heterocycles. The van der Waals surface area contributed by atoms with Crippen molar-refractivity contribution in [3.05, 3.63) is 35.2 Å². The fourth-order valence-electron chi connectivity index (χ4n) is 2.92. The van der Waals surface area contributed by atoms with E-state index in [-0.39, 0.29) is 0 Å². The van der Waals surface area contributed by atoms with Crippen molar-refractivity contribution in [2.45, 2.75) is 31.4 Å². The molecule has 2 unspecified atom stereocenters. The van der Waals surface area contributed by atoms with Crippen LogP contribution in [0.5, 0.6) is 0 Å². The second-order valence-corrected chi connectivity index (χ2v) is 6.31. The molecule has 2 atom stereocenters. The summed E-state index contributed by atoms with van der Waals surface area (Å²) in [6.45, 7) is 0. The average Bonchev–Trinajstić information content (AvgIpc) is 3.20. The number of benzene rings is 1. The van der Waals surface area contributed by atoms with Crippen LogP contribution in [-0.2, 0) is 11.2 Å². The van der Waals surface area contributed by atoms with Gasteiger partial charge in [-0.1, -0.05) is 18.2 Å². The topological polar surface area (TPSA) is 21.3 Å². The Balaban J connectivity index is 1.81. The van der Waals surface area contributed by atoms with Gasteiger partial charge in [-0.2, -0.15) is 0 Å². The SMILES string of the molecule is CNC(Cc1csc2ccccc12)C(OC)C1CC1. The van der Waals surface area contributed by atoms with Gasteiger partial charge in [0.25, 0.3) is 0 Å². The molecule has 1 aliphatic carbocycles. The number of thiophene rings is 1. The van der Waals surface area contributed by atoms with Crippen LogP contribution in [0.25, 0.3) is 10.1 Å². The van der Waals surface area contributed by atoms with E-state index >= 15 is 0 Å². The number of ether oxygens (including phenoxy) is 1. The monoisotopic (exact) mass is 275 g/mol. The van der Waals surface area contributed by atoms with Crippen LogP contribution in [0.4, 0.5) is 0 Å². The Morgan fingerprint density at radius 3 is 2.84 bits per heavy atom. The Morgan fingerprint density at radius 1 is 1.37 bits per heavy atom. The molecule has 1 aromatic heterocycles. The van der Waals surface area contributed by atoms with Gasteiger partial charge in [-0.3, -0.25) is 0 Å². The van der Waals surface area contributed by atoms with Gasteiger partial charge in [0.05, 0.1) is 6.10 Å². The van der Waals surface area contributed by atoms with Crippen LogP contribution in [0.1, 0.15) is 18.4 Å². The minimum atomic E-state index is 0.351. The first-order valence-corrected chi connectivity index (χ1v) is 7.86. The quantitative estimate of drug-likeness (QED) is 0.872. The van der Waals surface area contributed by atoms with E-state index in [1.54, 1.807) is 0 Å². The summed E-state index contributed by atoms with van der Waals surface area (Å²) in [5, 5.41) is 7.16. The van der Waals surface area contributed by atoms with Crippen molar-refractivity contribution in [3.8, 4) is 0 Å². The summed E-state index contributed by atoms with van der Waals surface area (Å²) < 4.78 is 7.11. The molecule has 1 fully saturated rings. The third-order valence-corrected chi connectivity index (χ3v) is 5.14. The van der Waals surface area contributed by atoms with Crippen molar-refractivity contribution in [3.63, 3.8) is 0 Å². The van der Waals surface area contributed by atoms with Crippen LogP contribution < -0.4 is 5.32 Å². The Kier molecular flexibility index (Phi) is 3.87. The molecule has 0 saturated heterocycles. The molecule has 1 aliphatic rings. The van der Waals surface area contributed by atoms with Gasteiger partial charge in [-0.05, 0) is 54.6 Å². The molecule has 0 amide bonds. The maximum atomic E-state index is 5.73. The first-order chi connectivity index (χ1) is 9.33. The predicted octanol–water partition coefficient (Wildman–Crippen LogP) is 3.46. The Hall–Kier alpha value is -0.900. The van der Waals surface area contributed by atoms with Crippen molar-refractivity contribution in [1.29, 1.82) is 0 Å². The summed E-state index contributed by atoms with van der Waals surface area (Å²) >= 11 is 1.84. The van der Waals surface area contributed by atoms with Gasteiger partial charge in [-0.25, -0.2) is 0 Å². The van der Waals surface area contributed by atoms with Crippen LogP contribution in [0.2, 0.25) is 0 Å². The van der Waals surface area contributed by atoms with Crippen LogP contribution in [0, 0.1) is 5.92 Å². The zero-order chi connectivity index (χ0) is 13.2. The van der Waals surface area contributed by atoms with E-state index in [0.29, 0.717) is 12.1 Å². The second kappa shape index (κ2) is 5.61. The highest BCUT2D eigenvalue weighted by Crippen LogP contribution is 2.37. The van der Waals surface area contributed by atoms with E-state index < -0.39 is 0 Å². The molecular weight excluding hydrogens is 254 g/mol. The van der Waals surface area contributed by atoms with Gasteiger partial charge in [0.15, 0.2) is 0 Å². The summed E-state index contributed by atoms with van der Waals surface area (Å²) in [6.07, 6.45) is 4.04. The van der Waals surface area contributed by atoms with E-state index in [1.807, 2.05) is 25.5 Å². The molecule has 3 heteroatoms. The number of nitrogens with one attached hydrogen (secondary N) is 1. The lowest BCUT2D eigenvalue weighted by Crippen LogP contribution is -2.41. The number of rotatable bonds is 6. The highest BCUT2D eigenvalue weighted by atomic mass is 32.1. The average molecular weight is 275 g/mol. The molecule has 0 radical (unpaired) electrons. The lowest BCUT2D eigenvalue weighted by Gasteiger charge is -2.25. The van der Waals surface area contributed by atoms with Crippen LogP contribution in [0.15, 0.2) is 29.6 Å². The molecule has 0 aliphatic heterocycles. The summed E-state index contributed by atoms with van der Waals surface area (Å²) in [7, 11) is 3.90. The van der Waals surface area contributed by atoms with Gasteiger partial charge < -0.3 is 10.1 Å². The summed E-state index contributed by atoms with van der Waals surface area (Å²) in [5.74, 6) is 0.757. The number of methoxy groups -OCH3 is 1. The Labute approximate surface area is 118 Å². The van der Waals surface area contributed by atoms with E-state index in [4.69, 9.17) is 4.74 Å². The molecule has 1 saturated carbocycles. The van der Waals surface area contributed by atoms with E-state index in [2.05, 4.69) is 35.0 Å². The van der Waals surface area contributed by atoms with Crippen molar-refractivity contribution in [2.75, 3.05) is 14.2 Å². The molecule has 0 spiro atoms. The molecule has 2 nitrogen and oxygen atoms in total. The smallest absolute Gasteiger partial charge is 0.0755 e. The normalized spacial score (nSPS) is 18.6.